The summed E-state index contributed by atoms with van der Waals surface area (Å²) in [5.74, 6) is 5.12. The van der Waals surface area contributed by atoms with Crippen molar-refractivity contribution in [2.45, 2.75) is 6.54 Å². The third-order valence-corrected chi connectivity index (χ3v) is 2.03. The number of hydrogen-bond acceptors (Lipinski definition) is 2. The molecule has 0 spiro atoms. The summed E-state index contributed by atoms with van der Waals surface area (Å²) in [7, 11) is 0. The SMILES string of the molecule is Cl.NNCc1ccc(Cl)c(Cl)c1. The molecule has 1 rings (SSSR count). The molecule has 0 radical (unpaired) electrons. The molecule has 0 amide bonds. The second-order valence-corrected chi connectivity index (χ2v) is 2.94. The Morgan fingerprint density at radius 2 is 1.92 bits per heavy atom. The van der Waals surface area contributed by atoms with Gasteiger partial charge in [0.1, 0.15) is 0 Å². The van der Waals surface area contributed by atoms with Crippen LogP contribution in [0.4, 0.5) is 0 Å². The quantitative estimate of drug-likeness (QED) is 0.601. The van der Waals surface area contributed by atoms with E-state index in [9.17, 15) is 0 Å². The van der Waals surface area contributed by atoms with Gasteiger partial charge in [-0.1, -0.05) is 29.3 Å². The van der Waals surface area contributed by atoms with E-state index in [-0.39, 0.29) is 12.4 Å². The molecule has 0 atom stereocenters. The van der Waals surface area contributed by atoms with E-state index >= 15 is 0 Å². The molecule has 0 bridgehead atoms. The molecule has 0 unspecified atom stereocenters. The summed E-state index contributed by atoms with van der Waals surface area (Å²) >= 11 is 11.4. The molecule has 1 aromatic rings. The second kappa shape index (κ2) is 5.62. The highest BCUT2D eigenvalue weighted by atomic mass is 35.5. The van der Waals surface area contributed by atoms with Gasteiger partial charge in [0.05, 0.1) is 10.0 Å². The average Bonchev–Trinajstić information content (AvgIpc) is 1.98. The van der Waals surface area contributed by atoms with Gasteiger partial charge in [0.2, 0.25) is 0 Å². The summed E-state index contributed by atoms with van der Waals surface area (Å²) in [5.41, 5.74) is 3.54. The van der Waals surface area contributed by atoms with Crippen LogP contribution in [0.2, 0.25) is 10.0 Å². The summed E-state index contributed by atoms with van der Waals surface area (Å²) < 4.78 is 0. The lowest BCUT2D eigenvalue weighted by Gasteiger charge is -2.00. The van der Waals surface area contributed by atoms with Gasteiger partial charge in [0, 0.05) is 6.54 Å². The predicted molar refractivity (Wildman–Crippen MR) is 54.7 cm³/mol. The van der Waals surface area contributed by atoms with Crippen molar-refractivity contribution in [3.8, 4) is 0 Å². The number of rotatable bonds is 2. The van der Waals surface area contributed by atoms with Gasteiger partial charge in [-0.3, -0.25) is 11.3 Å². The molecule has 3 N–H and O–H groups in total. The highest BCUT2D eigenvalue weighted by molar-refractivity contribution is 6.41. The molecule has 0 aliphatic rings. The molecule has 12 heavy (non-hydrogen) atoms. The van der Waals surface area contributed by atoms with Crippen LogP contribution in [-0.4, -0.2) is 0 Å². The van der Waals surface area contributed by atoms with Crippen molar-refractivity contribution >= 4 is 35.6 Å². The van der Waals surface area contributed by atoms with Crippen molar-refractivity contribution in [1.29, 1.82) is 0 Å². The zero-order valence-electron chi connectivity index (χ0n) is 6.18. The lowest BCUT2D eigenvalue weighted by Crippen LogP contribution is -2.20. The normalized spacial score (nSPS) is 9.25. The molecule has 1 aromatic carbocycles. The maximum atomic E-state index is 5.75. The Morgan fingerprint density at radius 1 is 1.25 bits per heavy atom. The zero-order chi connectivity index (χ0) is 8.27. The van der Waals surface area contributed by atoms with E-state index in [4.69, 9.17) is 29.0 Å². The summed E-state index contributed by atoms with van der Waals surface area (Å²) in [6.07, 6.45) is 0. The van der Waals surface area contributed by atoms with Gasteiger partial charge in [-0.05, 0) is 17.7 Å². The number of hydrazine groups is 1. The van der Waals surface area contributed by atoms with E-state index in [1.807, 2.05) is 6.07 Å². The van der Waals surface area contributed by atoms with Crippen LogP contribution in [0, 0.1) is 0 Å². The van der Waals surface area contributed by atoms with Gasteiger partial charge in [0.15, 0.2) is 0 Å². The van der Waals surface area contributed by atoms with Gasteiger partial charge in [0.25, 0.3) is 0 Å². The summed E-state index contributed by atoms with van der Waals surface area (Å²) in [5, 5.41) is 1.12. The molecule has 2 nitrogen and oxygen atoms in total. The molecule has 0 aliphatic carbocycles. The number of nitrogens with one attached hydrogen (secondary N) is 1. The number of hydrogen-bond donors (Lipinski definition) is 2. The zero-order valence-corrected chi connectivity index (χ0v) is 8.51. The highest BCUT2D eigenvalue weighted by Crippen LogP contribution is 2.22. The van der Waals surface area contributed by atoms with Crippen molar-refractivity contribution in [1.82, 2.24) is 5.43 Å². The molecule has 5 heteroatoms. The van der Waals surface area contributed by atoms with Crippen molar-refractivity contribution in [3.05, 3.63) is 33.8 Å². The monoisotopic (exact) mass is 226 g/mol. The summed E-state index contributed by atoms with van der Waals surface area (Å²) in [6, 6.07) is 5.40. The van der Waals surface area contributed by atoms with Gasteiger partial charge in [-0.25, -0.2) is 0 Å². The Labute approximate surface area is 87.4 Å². The number of nitrogens with two attached hydrogens (primary N) is 1. The number of benzene rings is 1. The molecular weight excluding hydrogens is 218 g/mol. The summed E-state index contributed by atoms with van der Waals surface area (Å²) in [4.78, 5) is 0. The fourth-order valence-electron chi connectivity index (χ4n) is 0.767. The minimum atomic E-state index is 0. The Morgan fingerprint density at radius 3 is 2.42 bits per heavy atom. The molecule has 0 saturated carbocycles. The topological polar surface area (TPSA) is 38.0 Å². The molecular formula is C7H9Cl3N2. The Balaban J connectivity index is 0.00000121. The van der Waals surface area contributed by atoms with Gasteiger partial charge >= 0.3 is 0 Å². The van der Waals surface area contributed by atoms with Crippen LogP contribution in [0.25, 0.3) is 0 Å². The van der Waals surface area contributed by atoms with E-state index in [1.54, 1.807) is 12.1 Å². The first-order valence-electron chi connectivity index (χ1n) is 3.11. The van der Waals surface area contributed by atoms with Gasteiger partial charge < -0.3 is 0 Å². The van der Waals surface area contributed by atoms with Crippen molar-refractivity contribution in [3.63, 3.8) is 0 Å². The molecule has 68 valence electrons. The van der Waals surface area contributed by atoms with E-state index < -0.39 is 0 Å². The van der Waals surface area contributed by atoms with Crippen LogP contribution in [-0.2, 0) is 6.54 Å². The Bertz CT molecular complexity index is 252. The third kappa shape index (κ3) is 3.17. The Hall–Kier alpha value is 0.01000. The van der Waals surface area contributed by atoms with E-state index in [2.05, 4.69) is 5.43 Å². The maximum absolute atomic E-state index is 5.75. The molecule has 0 fully saturated rings. The van der Waals surface area contributed by atoms with Crippen LogP contribution < -0.4 is 11.3 Å². The van der Waals surface area contributed by atoms with Crippen LogP contribution in [0.3, 0.4) is 0 Å². The predicted octanol–water partition coefficient (Wildman–Crippen LogP) is 2.38. The first kappa shape index (κ1) is 12.0. The lowest BCUT2D eigenvalue weighted by atomic mass is 10.2. The van der Waals surface area contributed by atoms with Gasteiger partial charge in [-0.2, -0.15) is 0 Å². The van der Waals surface area contributed by atoms with E-state index in [0.717, 1.165) is 5.56 Å². The smallest absolute Gasteiger partial charge is 0.0595 e. The van der Waals surface area contributed by atoms with Gasteiger partial charge in [-0.15, -0.1) is 12.4 Å². The third-order valence-electron chi connectivity index (χ3n) is 1.29. The minimum absolute atomic E-state index is 0. The Kier molecular flexibility index (Phi) is 5.63. The highest BCUT2D eigenvalue weighted by Gasteiger charge is 1.97. The van der Waals surface area contributed by atoms with Crippen molar-refractivity contribution in [2.24, 2.45) is 5.84 Å². The van der Waals surface area contributed by atoms with Crippen LogP contribution in [0.15, 0.2) is 18.2 Å². The van der Waals surface area contributed by atoms with Crippen molar-refractivity contribution in [2.75, 3.05) is 0 Å². The van der Waals surface area contributed by atoms with E-state index in [0.29, 0.717) is 16.6 Å². The second-order valence-electron chi connectivity index (χ2n) is 2.13. The first-order valence-corrected chi connectivity index (χ1v) is 3.87. The molecule has 0 saturated heterocycles. The van der Waals surface area contributed by atoms with E-state index in [1.165, 1.54) is 0 Å². The number of halogens is 3. The first-order chi connectivity index (χ1) is 5.24. The minimum Gasteiger partial charge on any atom is -0.271 e. The fourth-order valence-corrected chi connectivity index (χ4v) is 1.09. The van der Waals surface area contributed by atoms with Crippen LogP contribution >= 0.6 is 35.6 Å². The van der Waals surface area contributed by atoms with Crippen LogP contribution in [0.5, 0.6) is 0 Å². The standard InChI is InChI=1S/C7H8Cl2N2.ClH/c8-6-2-1-5(4-11-10)3-7(6)9;/h1-3,11H,4,10H2;1H. The largest absolute Gasteiger partial charge is 0.271 e. The molecule has 0 aliphatic heterocycles. The fraction of sp³-hybridized carbons (Fsp3) is 0.143. The lowest BCUT2D eigenvalue weighted by molar-refractivity contribution is 0.741. The molecule has 0 heterocycles. The summed E-state index contributed by atoms with van der Waals surface area (Å²) in [6.45, 7) is 0.594. The average molecular weight is 228 g/mol. The maximum Gasteiger partial charge on any atom is 0.0595 e. The van der Waals surface area contributed by atoms with Crippen LogP contribution in [0.1, 0.15) is 5.56 Å². The van der Waals surface area contributed by atoms with Crippen molar-refractivity contribution < 1.29 is 0 Å². The molecule has 0 aromatic heterocycles.